The zero-order valence-electron chi connectivity index (χ0n) is 11.5. The van der Waals surface area contributed by atoms with Crippen LogP contribution in [0.5, 0.6) is 0 Å². The summed E-state index contributed by atoms with van der Waals surface area (Å²) in [5.74, 6) is -0.201. The number of carbonyl (C=O) groups is 1. The molecular formula is C15H12N4O3. The molecule has 2 aromatic heterocycles. The molecule has 0 aliphatic heterocycles. The van der Waals surface area contributed by atoms with Crippen LogP contribution in [0.1, 0.15) is 16.4 Å². The van der Waals surface area contributed by atoms with Crippen molar-refractivity contribution in [2.75, 3.05) is 0 Å². The maximum Gasteiger partial charge on any atom is 0.383 e. The molecule has 0 saturated heterocycles. The lowest BCUT2D eigenvalue weighted by Gasteiger charge is -1.98. The van der Waals surface area contributed by atoms with Gasteiger partial charge >= 0.3 is 5.97 Å². The highest BCUT2D eigenvalue weighted by molar-refractivity contribution is 5.88. The SMILES string of the molecule is NC(Cc1nc2ccccc2o1)=NOC(=O)c1ccccn1. The molecule has 1 aromatic carbocycles. The van der Waals surface area contributed by atoms with E-state index in [1.165, 1.54) is 12.3 Å². The minimum absolute atomic E-state index is 0.0795. The van der Waals surface area contributed by atoms with Gasteiger partial charge in [0.15, 0.2) is 11.3 Å². The Balaban J connectivity index is 1.66. The van der Waals surface area contributed by atoms with E-state index in [1.807, 2.05) is 18.2 Å². The summed E-state index contributed by atoms with van der Waals surface area (Å²) in [5.41, 5.74) is 7.25. The highest BCUT2D eigenvalue weighted by atomic mass is 16.7. The lowest BCUT2D eigenvalue weighted by Crippen LogP contribution is -2.17. The van der Waals surface area contributed by atoms with E-state index in [4.69, 9.17) is 15.0 Å². The number of rotatable bonds is 4. The molecule has 2 heterocycles. The maximum absolute atomic E-state index is 11.7. The van der Waals surface area contributed by atoms with Crippen LogP contribution in [0.2, 0.25) is 0 Å². The van der Waals surface area contributed by atoms with Gasteiger partial charge in [0.05, 0.1) is 6.42 Å². The summed E-state index contributed by atoms with van der Waals surface area (Å²) in [6.07, 6.45) is 1.63. The van der Waals surface area contributed by atoms with Crippen LogP contribution in [0.15, 0.2) is 58.2 Å². The minimum Gasteiger partial charge on any atom is -0.440 e. The number of benzene rings is 1. The highest BCUT2D eigenvalue weighted by Crippen LogP contribution is 2.14. The Morgan fingerprint density at radius 3 is 2.82 bits per heavy atom. The van der Waals surface area contributed by atoms with E-state index >= 15 is 0 Å². The second-order valence-corrected chi connectivity index (χ2v) is 4.43. The molecule has 0 spiro atoms. The number of oxime groups is 1. The molecule has 0 radical (unpaired) electrons. The van der Waals surface area contributed by atoms with Crippen molar-refractivity contribution in [3.05, 3.63) is 60.2 Å². The second kappa shape index (κ2) is 6.04. The number of hydrogen-bond acceptors (Lipinski definition) is 6. The number of oxazole rings is 1. The molecule has 0 fully saturated rings. The van der Waals surface area contributed by atoms with E-state index < -0.39 is 5.97 Å². The molecule has 2 N–H and O–H groups in total. The number of amidine groups is 1. The molecule has 7 heteroatoms. The van der Waals surface area contributed by atoms with Gasteiger partial charge in [-0.1, -0.05) is 23.4 Å². The molecule has 0 saturated carbocycles. The number of nitrogens with zero attached hydrogens (tertiary/aromatic N) is 3. The first-order valence-corrected chi connectivity index (χ1v) is 6.51. The van der Waals surface area contributed by atoms with E-state index in [-0.39, 0.29) is 18.0 Å². The average molecular weight is 296 g/mol. The van der Waals surface area contributed by atoms with Gasteiger partial charge in [-0.15, -0.1) is 0 Å². The molecule has 0 bridgehead atoms. The van der Waals surface area contributed by atoms with Gasteiger partial charge in [-0.3, -0.25) is 0 Å². The fourth-order valence-electron chi connectivity index (χ4n) is 1.81. The van der Waals surface area contributed by atoms with Gasteiger partial charge in [-0.25, -0.2) is 14.8 Å². The summed E-state index contributed by atoms with van der Waals surface area (Å²) < 4.78 is 5.51. The topological polar surface area (TPSA) is 104 Å². The van der Waals surface area contributed by atoms with Gasteiger partial charge in [-0.05, 0) is 24.3 Å². The standard InChI is InChI=1S/C15H12N4O3/c16-13(19-22-15(20)11-6-3-4-8-17-11)9-14-18-10-5-1-2-7-12(10)21-14/h1-8H,9H2,(H2,16,19). The van der Waals surface area contributed by atoms with E-state index in [9.17, 15) is 4.79 Å². The Morgan fingerprint density at radius 2 is 2.05 bits per heavy atom. The summed E-state index contributed by atoms with van der Waals surface area (Å²) in [4.78, 5) is 24.5. The number of aromatic nitrogens is 2. The number of fused-ring (bicyclic) bond motifs is 1. The molecule has 0 unspecified atom stereocenters. The van der Waals surface area contributed by atoms with Crippen molar-refractivity contribution in [3.63, 3.8) is 0 Å². The molecule has 0 atom stereocenters. The van der Waals surface area contributed by atoms with Crippen molar-refractivity contribution in [2.45, 2.75) is 6.42 Å². The third-order valence-electron chi connectivity index (χ3n) is 2.79. The van der Waals surface area contributed by atoms with Crippen LogP contribution < -0.4 is 5.73 Å². The Kier molecular flexibility index (Phi) is 3.78. The zero-order valence-corrected chi connectivity index (χ0v) is 11.5. The first-order valence-electron chi connectivity index (χ1n) is 6.51. The quantitative estimate of drug-likeness (QED) is 0.341. The van der Waals surface area contributed by atoms with Crippen molar-refractivity contribution in [1.82, 2.24) is 9.97 Å². The van der Waals surface area contributed by atoms with E-state index in [2.05, 4.69) is 15.1 Å². The van der Waals surface area contributed by atoms with Crippen molar-refractivity contribution < 1.29 is 14.0 Å². The van der Waals surface area contributed by atoms with Crippen molar-refractivity contribution >= 4 is 22.9 Å². The molecule has 3 rings (SSSR count). The summed E-state index contributed by atoms with van der Waals surface area (Å²) in [6.45, 7) is 0. The van der Waals surface area contributed by atoms with Crippen molar-refractivity contribution in [3.8, 4) is 0 Å². The molecule has 3 aromatic rings. The van der Waals surface area contributed by atoms with Gasteiger partial charge in [-0.2, -0.15) is 0 Å². The first kappa shape index (κ1) is 13.7. The third kappa shape index (κ3) is 3.09. The Labute approximate surface area is 125 Å². The smallest absolute Gasteiger partial charge is 0.383 e. The fraction of sp³-hybridized carbons (Fsp3) is 0.0667. The molecule has 7 nitrogen and oxygen atoms in total. The van der Waals surface area contributed by atoms with Gasteiger partial charge in [0, 0.05) is 6.20 Å². The summed E-state index contributed by atoms with van der Waals surface area (Å²) in [5, 5.41) is 3.57. The number of hydrogen-bond donors (Lipinski definition) is 1. The van der Waals surface area contributed by atoms with Crippen molar-refractivity contribution in [1.29, 1.82) is 0 Å². The van der Waals surface area contributed by atoms with Crippen LogP contribution in [0, 0.1) is 0 Å². The van der Waals surface area contributed by atoms with Crippen LogP contribution in [0.4, 0.5) is 0 Å². The van der Waals surface area contributed by atoms with Crippen LogP contribution in [0.25, 0.3) is 11.1 Å². The van der Waals surface area contributed by atoms with Gasteiger partial charge in [0.1, 0.15) is 11.4 Å². The normalized spacial score (nSPS) is 11.5. The number of carbonyl (C=O) groups excluding carboxylic acids is 1. The predicted octanol–water partition coefficient (Wildman–Crippen LogP) is 1.89. The average Bonchev–Trinajstić information content (AvgIpc) is 2.95. The van der Waals surface area contributed by atoms with Gasteiger partial charge < -0.3 is 15.0 Å². The first-order chi connectivity index (χ1) is 10.7. The molecule has 110 valence electrons. The number of para-hydroxylation sites is 2. The van der Waals surface area contributed by atoms with Gasteiger partial charge in [0.2, 0.25) is 5.89 Å². The van der Waals surface area contributed by atoms with Crippen LogP contribution in [-0.2, 0) is 11.3 Å². The largest absolute Gasteiger partial charge is 0.440 e. The van der Waals surface area contributed by atoms with Crippen LogP contribution in [-0.4, -0.2) is 21.8 Å². The summed E-state index contributed by atoms with van der Waals surface area (Å²) >= 11 is 0. The third-order valence-corrected chi connectivity index (χ3v) is 2.79. The van der Waals surface area contributed by atoms with E-state index in [1.54, 1.807) is 18.2 Å². The van der Waals surface area contributed by atoms with Gasteiger partial charge in [0.25, 0.3) is 0 Å². The van der Waals surface area contributed by atoms with Crippen molar-refractivity contribution in [2.24, 2.45) is 10.9 Å². The molecule has 0 aliphatic rings. The van der Waals surface area contributed by atoms with Crippen LogP contribution >= 0.6 is 0 Å². The molecular weight excluding hydrogens is 284 g/mol. The predicted molar refractivity (Wildman–Crippen MR) is 79.0 cm³/mol. The monoisotopic (exact) mass is 296 g/mol. The maximum atomic E-state index is 11.7. The molecule has 22 heavy (non-hydrogen) atoms. The Hall–Kier alpha value is -3.22. The Bertz CT molecular complexity index is 794. The fourth-order valence-corrected chi connectivity index (χ4v) is 1.81. The lowest BCUT2D eigenvalue weighted by molar-refractivity contribution is 0.0507. The summed E-state index contributed by atoms with van der Waals surface area (Å²) in [6, 6.07) is 12.2. The highest BCUT2D eigenvalue weighted by Gasteiger charge is 2.10. The zero-order chi connectivity index (χ0) is 15.4. The Morgan fingerprint density at radius 1 is 1.23 bits per heavy atom. The van der Waals surface area contributed by atoms with E-state index in [0.29, 0.717) is 11.5 Å². The number of pyridine rings is 1. The summed E-state index contributed by atoms with van der Waals surface area (Å²) in [7, 11) is 0. The second-order valence-electron chi connectivity index (χ2n) is 4.43. The lowest BCUT2D eigenvalue weighted by atomic mass is 10.3. The van der Waals surface area contributed by atoms with E-state index in [0.717, 1.165) is 5.52 Å². The number of nitrogens with two attached hydrogens (primary N) is 1. The molecule has 0 amide bonds. The minimum atomic E-state index is -0.680. The van der Waals surface area contributed by atoms with Crippen LogP contribution in [0.3, 0.4) is 0 Å². The molecule has 0 aliphatic carbocycles.